The Morgan fingerprint density at radius 3 is 2.68 bits per heavy atom. The normalized spacial score (nSPS) is 14.5. The van der Waals surface area contributed by atoms with Gasteiger partial charge in [-0.3, -0.25) is 0 Å². The summed E-state index contributed by atoms with van der Waals surface area (Å²) in [7, 11) is 1.40. The maximum Gasteiger partial charge on any atom is 0.340 e. The molecule has 1 aromatic carbocycles. The lowest BCUT2D eigenvalue weighted by atomic mass is 10.1. The van der Waals surface area contributed by atoms with Crippen molar-refractivity contribution in [1.29, 1.82) is 0 Å². The summed E-state index contributed by atoms with van der Waals surface area (Å²) in [5, 5.41) is 0. The first kappa shape index (κ1) is 13.7. The van der Waals surface area contributed by atoms with Crippen LogP contribution in [0.4, 0.5) is 11.4 Å². The molecule has 1 saturated carbocycles. The van der Waals surface area contributed by atoms with Crippen molar-refractivity contribution >= 4 is 17.3 Å². The Morgan fingerprint density at radius 2 is 2.16 bits per heavy atom. The first-order valence-corrected chi connectivity index (χ1v) is 6.78. The van der Waals surface area contributed by atoms with E-state index in [9.17, 15) is 4.79 Å². The van der Waals surface area contributed by atoms with Gasteiger partial charge in [-0.1, -0.05) is 6.07 Å². The van der Waals surface area contributed by atoms with Crippen molar-refractivity contribution in [2.45, 2.75) is 32.7 Å². The number of anilines is 2. The Hall–Kier alpha value is -1.71. The van der Waals surface area contributed by atoms with E-state index in [0.717, 1.165) is 18.2 Å². The van der Waals surface area contributed by atoms with Crippen molar-refractivity contribution < 1.29 is 9.53 Å². The zero-order valence-corrected chi connectivity index (χ0v) is 11.8. The fourth-order valence-corrected chi connectivity index (χ4v) is 2.30. The summed E-state index contributed by atoms with van der Waals surface area (Å²) in [4.78, 5) is 14.1. The standard InChI is InChI=1S/C15H22N2O2/c1-10(2)17(9-11-7-8-11)14-12(15(18)19-3)5-4-6-13(14)16/h4-6,10-11H,7-9,16H2,1-3H3. The molecule has 4 nitrogen and oxygen atoms in total. The molecule has 2 N–H and O–H groups in total. The maximum absolute atomic E-state index is 11.9. The highest BCUT2D eigenvalue weighted by Crippen LogP contribution is 2.36. The summed E-state index contributed by atoms with van der Waals surface area (Å²) < 4.78 is 4.86. The topological polar surface area (TPSA) is 55.6 Å². The maximum atomic E-state index is 11.9. The number of nitrogens with two attached hydrogens (primary N) is 1. The quantitative estimate of drug-likeness (QED) is 0.654. The number of ether oxygens (including phenoxy) is 1. The molecule has 0 heterocycles. The number of benzene rings is 1. The van der Waals surface area contributed by atoms with Crippen molar-refractivity contribution in [3.05, 3.63) is 23.8 Å². The Bertz CT molecular complexity index is 467. The zero-order chi connectivity index (χ0) is 14.0. The molecule has 2 rings (SSSR count). The van der Waals surface area contributed by atoms with Gasteiger partial charge >= 0.3 is 5.97 Å². The van der Waals surface area contributed by atoms with E-state index >= 15 is 0 Å². The van der Waals surface area contributed by atoms with Gasteiger partial charge < -0.3 is 15.4 Å². The van der Waals surface area contributed by atoms with Gasteiger partial charge in [0.05, 0.1) is 24.0 Å². The molecule has 1 aromatic rings. The second-order valence-electron chi connectivity index (χ2n) is 5.42. The van der Waals surface area contributed by atoms with Crippen molar-refractivity contribution in [3.63, 3.8) is 0 Å². The summed E-state index contributed by atoms with van der Waals surface area (Å²) in [5.41, 5.74) is 8.10. The van der Waals surface area contributed by atoms with E-state index in [0.29, 0.717) is 17.3 Å². The van der Waals surface area contributed by atoms with E-state index in [1.807, 2.05) is 6.07 Å². The molecule has 0 aliphatic heterocycles. The van der Waals surface area contributed by atoms with Gasteiger partial charge in [0, 0.05) is 12.6 Å². The lowest BCUT2D eigenvalue weighted by Gasteiger charge is -2.31. The van der Waals surface area contributed by atoms with Crippen LogP contribution in [0.15, 0.2) is 18.2 Å². The first-order valence-electron chi connectivity index (χ1n) is 6.78. The van der Waals surface area contributed by atoms with Crippen LogP contribution in [0.25, 0.3) is 0 Å². The van der Waals surface area contributed by atoms with Crippen LogP contribution in [-0.2, 0) is 4.74 Å². The number of hydrogen-bond acceptors (Lipinski definition) is 4. The van der Waals surface area contributed by atoms with Crippen LogP contribution in [0.2, 0.25) is 0 Å². The summed E-state index contributed by atoms with van der Waals surface area (Å²) in [6.45, 7) is 5.20. The summed E-state index contributed by atoms with van der Waals surface area (Å²) >= 11 is 0. The Balaban J connectivity index is 2.41. The van der Waals surface area contributed by atoms with Gasteiger partial charge in [0.25, 0.3) is 0 Å². The van der Waals surface area contributed by atoms with Gasteiger partial charge in [0.15, 0.2) is 0 Å². The SMILES string of the molecule is COC(=O)c1cccc(N)c1N(CC1CC1)C(C)C. The Kier molecular flexibility index (Phi) is 3.98. The van der Waals surface area contributed by atoms with Gasteiger partial charge in [0.1, 0.15) is 0 Å². The van der Waals surface area contributed by atoms with E-state index in [2.05, 4.69) is 18.7 Å². The molecule has 0 aromatic heterocycles. The van der Waals surface area contributed by atoms with Gasteiger partial charge in [-0.15, -0.1) is 0 Å². The molecule has 104 valence electrons. The van der Waals surface area contributed by atoms with Crippen LogP contribution < -0.4 is 10.6 Å². The van der Waals surface area contributed by atoms with Crippen molar-refractivity contribution in [1.82, 2.24) is 0 Å². The van der Waals surface area contributed by atoms with Crippen LogP contribution in [0, 0.1) is 5.92 Å². The third-order valence-electron chi connectivity index (χ3n) is 3.53. The van der Waals surface area contributed by atoms with Crippen LogP contribution in [-0.4, -0.2) is 25.7 Å². The summed E-state index contributed by atoms with van der Waals surface area (Å²) in [5.74, 6) is 0.399. The molecular weight excluding hydrogens is 240 g/mol. The van der Waals surface area contributed by atoms with Gasteiger partial charge in [-0.2, -0.15) is 0 Å². The fourth-order valence-electron chi connectivity index (χ4n) is 2.30. The molecule has 1 fully saturated rings. The third-order valence-corrected chi connectivity index (χ3v) is 3.53. The minimum absolute atomic E-state index is 0.300. The number of rotatable bonds is 5. The van der Waals surface area contributed by atoms with E-state index in [4.69, 9.17) is 10.5 Å². The molecule has 0 saturated heterocycles. The minimum Gasteiger partial charge on any atom is -0.465 e. The smallest absolute Gasteiger partial charge is 0.340 e. The van der Waals surface area contributed by atoms with Gasteiger partial charge in [-0.05, 0) is 44.7 Å². The van der Waals surface area contributed by atoms with Crippen LogP contribution in [0.5, 0.6) is 0 Å². The number of carbonyl (C=O) groups is 1. The second-order valence-corrected chi connectivity index (χ2v) is 5.42. The molecule has 0 spiro atoms. The lowest BCUT2D eigenvalue weighted by molar-refractivity contribution is 0.0601. The average Bonchev–Trinajstić information content (AvgIpc) is 3.19. The molecule has 1 aliphatic rings. The zero-order valence-electron chi connectivity index (χ0n) is 11.8. The van der Waals surface area contributed by atoms with E-state index in [1.54, 1.807) is 12.1 Å². The van der Waals surface area contributed by atoms with Gasteiger partial charge in [0.2, 0.25) is 0 Å². The molecule has 0 bridgehead atoms. The molecule has 0 radical (unpaired) electrons. The van der Waals surface area contributed by atoms with Crippen LogP contribution >= 0.6 is 0 Å². The predicted molar refractivity (Wildman–Crippen MR) is 77.4 cm³/mol. The number of esters is 1. The highest BCUT2D eigenvalue weighted by atomic mass is 16.5. The average molecular weight is 262 g/mol. The number of carbonyl (C=O) groups excluding carboxylic acids is 1. The van der Waals surface area contributed by atoms with E-state index < -0.39 is 0 Å². The van der Waals surface area contributed by atoms with E-state index in [-0.39, 0.29) is 5.97 Å². The third kappa shape index (κ3) is 3.00. The molecule has 19 heavy (non-hydrogen) atoms. The Morgan fingerprint density at radius 1 is 1.47 bits per heavy atom. The number of nitrogen functional groups attached to an aromatic ring is 1. The minimum atomic E-state index is -0.330. The largest absolute Gasteiger partial charge is 0.465 e. The number of para-hydroxylation sites is 1. The molecule has 0 atom stereocenters. The molecule has 1 aliphatic carbocycles. The lowest BCUT2D eigenvalue weighted by Crippen LogP contribution is -2.34. The summed E-state index contributed by atoms with van der Waals surface area (Å²) in [6, 6.07) is 5.71. The highest BCUT2D eigenvalue weighted by molar-refractivity contribution is 5.99. The number of nitrogens with zero attached hydrogens (tertiary/aromatic N) is 1. The van der Waals surface area contributed by atoms with Crippen molar-refractivity contribution in [3.8, 4) is 0 Å². The van der Waals surface area contributed by atoms with E-state index in [1.165, 1.54) is 20.0 Å². The molecule has 0 amide bonds. The van der Waals surface area contributed by atoms with Crippen LogP contribution in [0.1, 0.15) is 37.0 Å². The molecule has 0 unspecified atom stereocenters. The van der Waals surface area contributed by atoms with Crippen molar-refractivity contribution in [2.24, 2.45) is 5.92 Å². The monoisotopic (exact) mass is 262 g/mol. The first-order chi connectivity index (χ1) is 9.04. The van der Waals surface area contributed by atoms with Gasteiger partial charge in [-0.25, -0.2) is 4.79 Å². The van der Waals surface area contributed by atoms with Crippen LogP contribution in [0.3, 0.4) is 0 Å². The number of hydrogen-bond donors (Lipinski definition) is 1. The Labute approximate surface area is 114 Å². The molecule has 4 heteroatoms. The fraction of sp³-hybridized carbons (Fsp3) is 0.533. The number of methoxy groups -OCH3 is 1. The van der Waals surface area contributed by atoms with Crippen molar-refractivity contribution in [2.75, 3.05) is 24.3 Å². The second kappa shape index (κ2) is 5.51. The predicted octanol–water partition coefficient (Wildman–Crippen LogP) is 2.68. The molecular formula is C15H22N2O2. The highest BCUT2D eigenvalue weighted by Gasteiger charge is 2.29. The summed E-state index contributed by atoms with van der Waals surface area (Å²) in [6.07, 6.45) is 2.53.